The van der Waals surface area contributed by atoms with Crippen molar-refractivity contribution >= 4 is 12.3 Å². The molecule has 0 bridgehead atoms. The molecule has 2 aliphatic heterocycles. The largest absolute Gasteiger partial charge is 0.493 e. The molecule has 0 saturated carbocycles. The van der Waals surface area contributed by atoms with Gasteiger partial charge in [0.1, 0.15) is 12.3 Å². The summed E-state index contributed by atoms with van der Waals surface area (Å²) in [4.78, 5) is 22.3. The summed E-state index contributed by atoms with van der Waals surface area (Å²) in [7, 11) is 0. The van der Waals surface area contributed by atoms with E-state index < -0.39 is 18.8 Å². The van der Waals surface area contributed by atoms with Gasteiger partial charge in [0.25, 0.3) is 0 Å². The van der Waals surface area contributed by atoms with Crippen LogP contribution in [-0.4, -0.2) is 80.5 Å². The number of amides is 2. The average Bonchev–Trinajstić information content (AvgIpc) is 3.03. The zero-order valence-corrected chi connectivity index (χ0v) is 26.5. The summed E-state index contributed by atoms with van der Waals surface area (Å²) < 4.78 is 38.5. The van der Waals surface area contributed by atoms with E-state index in [1.807, 2.05) is 44.2 Å². The number of hydrogen-bond acceptors (Lipinski definition) is 6. The fourth-order valence-electron chi connectivity index (χ4n) is 3.78. The van der Waals surface area contributed by atoms with Crippen molar-refractivity contribution in [2.45, 2.75) is 59.2 Å². The summed E-state index contributed by atoms with van der Waals surface area (Å²) in [5, 5.41) is 14.5. The number of aliphatic hydroxyl groups is 1. The van der Waals surface area contributed by atoms with Gasteiger partial charge in [0, 0.05) is 38.6 Å². The maximum atomic E-state index is 11.0. The van der Waals surface area contributed by atoms with E-state index in [-0.39, 0.29) is 18.2 Å². The Bertz CT molecular complexity index is 976. The number of hydrogen-bond donors (Lipinski definition) is 4. The summed E-state index contributed by atoms with van der Waals surface area (Å²) >= 11 is 0. The van der Waals surface area contributed by atoms with E-state index in [2.05, 4.69) is 54.3 Å². The third-order valence-electron chi connectivity index (χ3n) is 5.94. The monoisotopic (exact) mass is 624 g/mol. The Morgan fingerprint density at radius 1 is 1.11 bits per heavy atom. The molecule has 248 valence electrons. The van der Waals surface area contributed by atoms with E-state index in [1.54, 1.807) is 6.92 Å². The zero-order valence-electron chi connectivity index (χ0n) is 26.5. The number of piperazine rings is 1. The number of aliphatic hydroxyl groups excluding tert-OH is 1. The van der Waals surface area contributed by atoms with Gasteiger partial charge in [0.05, 0.1) is 12.7 Å². The van der Waals surface area contributed by atoms with E-state index in [4.69, 9.17) is 10.5 Å². The Kier molecular flexibility index (Phi) is 26.1. The highest BCUT2D eigenvalue weighted by Gasteiger charge is 2.25. The molecule has 0 spiro atoms. The van der Waals surface area contributed by atoms with Gasteiger partial charge in [-0.2, -0.15) is 13.2 Å². The van der Waals surface area contributed by atoms with Crippen molar-refractivity contribution < 1.29 is 32.6 Å². The molecule has 2 amide bonds. The van der Waals surface area contributed by atoms with Gasteiger partial charge in [-0.15, -0.1) is 12.8 Å². The number of rotatable bonds is 7. The van der Waals surface area contributed by atoms with Gasteiger partial charge < -0.3 is 26.2 Å². The van der Waals surface area contributed by atoms with Crippen LogP contribution < -0.4 is 21.1 Å². The van der Waals surface area contributed by atoms with Crippen molar-refractivity contribution in [2.75, 3.05) is 45.9 Å². The molecular weight excluding hydrogens is 573 g/mol. The van der Waals surface area contributed by atoms with Crippen molar-refractivity contribution in [1.29, 1.82) is 0 Å². The number of nitrogens with zero attached hydrogens (tertiary/aromatic N) is 1. The molecule has 0 aliphatic carbocycles. The van der Waals surface area contributed by atoms with Gasteiger partial charge in [-0.1, -0.05) is 74.9 Å². The Balaban J connectivity index is 0. The number of β-amino-alcohol motifs (C(OH)–C–C–N with tert-alkyl or cyclic N) is 1. The average molecular weight is 625 g/mol. The van der Waals surface area contributed by atoms with Crippen molar-refractivity contribution in [3.05, 3.63) is 65.7 Å². The standard InChI is InChI=1S/C10H21N3O2.C9H10O.C7H8.C3H4F3NO.C2H6.C2H2/c1-8(10(11)15)6-9(14)7-13-4-2-12-3-5-13;1-2-6-9-8(4-1)5-3-7-10-9;1-7-5-3-2-4-6-7;4-3(5,6)1-7-2-8;2*1-2/h8-9,12,14H,2-7H2,1H3,(H2,11,15);1-2,4,6H,3,5,7H2;2-6H,1H3;2H,1H2,(H,7,8);1-2H3;1-2H/t8-,9?;;;;;/m1...../s1. The molecule has 2 atom stereocenters. The van der Waals surface area contributed by atoms with Crippen molar-refractivity contribution in [1.82, 2.24) is 15.5 Å². The van der Waals surface area contributed by atoms with Gasteiger partial charge in [0.2, 0.25) is 12.3 Å². The Morgan fingerprint density at radius 3 is 2.14 bits per heavy atom. The quantitative estimate of drug-likeness (QED) is 0.269. The fraction of sp³-hybridized carbons (Fsp3) is 0.515. The molecular formula is C33H51F3N4O4. The lowest BCUT2D eigenvalue weighted by Crippen LogP contribution is -2.46. The molecule has 1 saturated heterocycles. The van der Waals surface area contributed by atoms with Gasteiger partial charge in [-0.3, -0.25) is 14.5 Å². The molecule has 1 unspecified atom stereocenters. The van der Waals surface area contributed by atoms with Crippen molar-refractivity contribution in [2.24, 2.45) is 11.7 Å². The first kappa shape index (κ1) is 42.5. The summed E-state index contributed by atoms with van der Waals surface area (Å²) in [6.45, 7) is 12.0. The van der Waals surface area contributed by atoms with Crippen molar-refractivity contribution in [3.63, 3.8) is 0 Å². The second-order valence-electron chi connectivity index (χ2n) is 9.57. The van der Waals surface area contributed by atoms with Crippen LogP contribution in [0.5, 0.6) is 5.75 Å². The molecule has 2 aromatic carbocycles. The molecule has 0 aromatic heterocycles. The molecule has 0 radical (unpaired) electrons. The molecule has 8 nitrogen and oxygen atoms in total. The smallest absolute Gasteiger partial charge is 0.405 e. The summed E-state index contributed by atoms with van der Waals surface area (Å²) in [6, 6.07) is 18.5. The second-order valence-corrected chi connectivity index (χ2v) is 9.57. The molecule has 2 heterocycles. The lowest BCUT2D eigenvalue weighted by atomic mass is 10.0. The summed E-state index contributed by atoms with van der Waals surface area (Å²) in [6.07, 6.45) is 6.06. The number of benzene rings is 2. The topological polar surface area (TPSA) is 117 Å². The van der Waals surface area contributed by atoms with Crippen LogP contribution in [0, 0.1) is 25.7 Å². The first-order valence-electron chi connectivity index (χ1n) is 14.7. The summed E-state index contributed by atoms with van der Waals surface area (Å²) in [5.41, 5.74) is 7.82. The minimum absolute atomic E-state index is 0.00743. The lowest BCUT2D eigenvalue weighted by molar-refractivity contribution is -0.132. The second kappa shape index (κ2) is 27.0. The number of nitrogens with one attached hydrogen (secondary N) is 2. The molecule has 5 N–H and O–H groups in total. The molecule has 2 aromatic rings. The number of carbonyl (C=O) groups excluding carboxylic acids is 2. The van der Waals surface area contributed by atoms with Gasteiger partial charge in [-0.05, 0) is 37.8 Å². The van der Waals surface area contributed by atoms with Gasteiger partial charge >= 0.3 is 6.18 Å². The molecule has 44 heavy (non-hydrogen) atoms. The zero-order chi connectivity index (χ0) is 33.8. The van der Waals surface area contributed by atoms with Crippen LogP contribution in [0.1, 0.15) is 44.7 Å². The molecule has 11 heteroatoms. The highest BCUT2D eigenvalue weighted by atomic mass is 19.4. The van der Waals surface area contributed by atoms with E-state index in [1.165, 1.54) is 22.9 Å². The number of ether oxygens (including phenoxy) is 1. The normalized spacial score (nSPS) is 14.7. The third-order valence-corrected chi connectivity index (χ3v) is 5.94. The number of terminal acetylenes is 1. The van der Waals surface area contributed by atoms with Crippen LogP contribution in [0.4, 0.5) is 13.2 Å². The Hall–Kier alpha value is -3.59. The molecule has 2 aliphatic rings. The van der Waals surface area contributed by atoms with E-state index in [0.717, 1.165) is 45.0 Å². The number of nitrogens with two attached hydrogens (primary N) is 1. The lowest BCUT2D eigenvalue weighted by Gasteiger charge is -2.29. The highest BCUT2D eigenvalue weighted by molar-refractivity contribution is 5.76. The van der Waals surface area contributed by atoms with Crippen molar-refractivity contribution in [3.8, 4) is 18.6 Å². The van der Waals surface area contributed by atoms with Crippen LogP contribution in [0.25, 0.3) is 0 Å². The predicted octanol–water partition coefficient (Wildman–Crippen LogP) is 4.34. The number of carbonyl (C=O) groups is 2. The Labute approximate surface area is 261 Å². The van der Waals surface area contributed by atoms with E-state index in [9.17, 15) is 27.9 Å². The van der Waals surface area contributed by atoms with Crippen LogP contribution in [0.2, 0.25) is 0 Å². The molecule has 1 fully saturated rings. The van der Waals surface area contributed by atoms with Gasteiger partial charge in [0.15, 0.2) is 0 Å². The maximum Gasteiger partial charge on any atom is 0.405 e. The maximum absolute atomic E-state index is 11.0. The fourth-order valence-corrected chi connectivity index (χ4v) is 3.78. The number of aryl methyl sites for hydroxylation is 2. The van der Waals surface area contributed by atoms with Crippen LogP contribution in [-0.2, 0) is 16.0 Å². The van der Waals surface area contributed by atoms with Crippen LogP contribution in [0.15, 0.2) is 54.6 Å². The Morgan fingerprint density at radius 2 is 1.68 bits per heavy atom. The van der Waals surface area contributed by atoms with Crippen LogP contribution in [0.3, 0.4) is 0 Å². The minimum Gasteiger partial charge on any atom is -0.493 e. The van der Waals surface area contributed by atoms with Crippen LogP contribution >= 0.6 is 0 Å². The number of para-hydroxylation sites is 1. The number of alkyl halides is 3. The van der Waals surface area contributed by atoms with E-state index in [0.29, 0.717) is 13.0 Å². The minimum atomic E-state index is -4.29. The number of halogens is 3. The first-order valence-corrected chi connectivity index (χ1v) is 14.7. The summed E-state index contributed by atoms with van der Waals surface area (Å²) in [5.74, 6) is 0.492. The number of primary amides is 1. The highest BCUT2D eigenvalue weighted by Crippen LogP contribution is 2.23. The third kappa shape index (κ3) is 23.9. The van der Waals surface area contributed by atoms with E-state index >= 15 is 0 Å². The predicted molar refractivity (Wildman–Crippen MR) is 171 cm³/mol. The SMILES string of the molecule is C#C.CC.C[C@H](CC(O)CN1CCNCC1)C(N)=O.Cc1ccccc1.O=CNCC(F)(F)F.c1ccc2c(c1)CCCO2. The number of fused-ring (bicyclic) bond motifs is 1. The van der Waals surface area contributed by atoms with Gasteiger partial charge in [-0.25, -0.2) is 0 Å². The first-order chi connectivity index (χ1) is 21.0. The molecule has 4 rings (SSSR count).